The molecule has 1 aromatic heterocycles. The minimum Gasteiger partial charge on any atom is -0.463 e. The van der Waals surface area contributed by atoms with Crippen molar-refractivity contribution >= 4 is 0 Å². The van der Waals surface area contributed by atoms with Gasteiger partial charge in [0.2, 0.25) is 0 Å². The zero-order valence-electron chi connectivity index (χ0n) is 11.0. The second-order valence-corrected chi connectivity index (χ2v) is 4.06. The minimum atomic E-state index is 0.834. The highest BCUT2D eigenvalue weighted by Crippen LogP contribution is 2.16. The molecule has 0 saturated heterocycles. The Morgan fingerprint density at radius 2 is 1.94 bits per heavy atom. The minimum absolute atomic E-state index is 0.834. The van der Waals surface area contributed by atoms with Crippen LogP contribution in [0.4, 0.5) is 0 Å². The second-order valence-electron chi connectivity index (χ2n) is 4.06. The van der Waals surface area contributed by atoms with Crippen LogP contribution in [-0.4, -0.2) is 24.5 Å². The number of nitrogens with one attached hydrogen (secondary N) is 1. The van der Waals surface area contributed by atoms with E-state index < -0.39 is 0 Å². The van der Waals surface area contributed by atoms with Gasteiger partial charge in [-0.15, -0.1) is 0 Å². The standard InChI is InChI=1S/C13H24N2O/c1-5-14-9-13-11(4)8-12(16-13)10-15(6-2)7-3/h8,14H,5-7,9-10H2,1-4H3. The molecule has 0 aliphatic rings. The van der Waals surface area contributed by atoms with Crippen molar-refractivity contribution in [3.8, 4) is 0 Å². The Kier molecular flexibility index (Phi) is 5.56. The predicted octanol–water partition coefficient (Wildman–Crippen LogP) is 2.54. The van der Waals surface area contributed by atoms with E-state index in [2.05, 4.69) is 44.0 Å². The third-order valence-corrected chi connectivity index (χ3v) is 2.88. The number of hydrogen-bond donors (Lipinski definition) is 1. The fraction of sp³-hybridized carbons (Fsp3) is 0.692. The van der Waals surface area contributed by atoms with E-state index in [4.69, 9.17) is 4.42 Å². The van der Waals surface area contributed by atoms with Crippen LogP contribution in [-0.2, 0) is 13.1 Å². The fourth-order valence-corrected chi connectivity index (χ4v) is 1.75. The van der Waals surface area contributed by atoms with Crippen molar-refractivity contribution in [3.63, 3.8) is 0 Å². The molecule has 0 fully saturated rings. The van der Waals surface area contributed by atoms with Crippen LogP contribution in [0.5, 0.6) is 0 Å². The first-order valence-electron chi connectivity index (χ1n) is 6.22. The Bertz CT molecular complexity index is 303. The molecule has 1 rings (SSSR count). The Morgan fingerprint density at radius 3 is 2.50 bits per heavy atom. The monoisotopic (exact) mass is 224 g/mol. The lowest BCUT2D eigenvalue weighted by molar-refractivity contribution is 0.265. The Hall–Kier alpha value is -0.800. The highest BCUT2D eigenvalue weighted by atomic mass is 16.3. The van der Waals surface area contributed by atoms with E-state index in [1.54, 1.807) is 0 Å². The first-order chi connectivity index (χ1) is 7.71. The van der Waals surface area contributed by atoms with Crippen LogP contribution in [0.2, 0.25) is 0 Å². The highest BCUT2D eigenvalue weighted by molar-refractivity contribution is 5.20. The average molecular weight is 224 g/mol. The van der Waals surface area contributed by atoms with Gasteiger partial charge >= 0.3 is 0 Å². The maximum absolute atomic E-state index is 5.85. The Balaban J connectivity index is 2.61. The fourth-order valence-electron chi connectivity index (χ4n) is 1.75. The van der Waals surface area contributed by atoms with Gasteiger partial charge in [0.15, 0.2) is 0 Å². The molecule has 0 aliphatic carbocycles. The molecule has 1 N–H and O–H groups in total. The van der Waals surface area contributed by atoms with E-state index in [0.29, 0.717) is 0 Å². The van der Waals surface area contributed by atoms with Crippen molar-refractivity contribution < 1.29 is 4.42 Å². The average Bonchev–Trinajstić information content (AvgIpc) is 2.64. The molecule has 1 aromatic rings. The van der Waals surface area contributed by atoms with Crippen molar-refractivity contribution in [3.05, 3.63) is 23.2 Å². The largest absolute Gasteiger partial charge is 0.463 e. The summed E-state index contributed by atoms with van der Waals surface area (Å²) in [5.41, 5.74) is 1.25. The molecule has 0 spiro atoms. The zero-order valence-corrected chi connectivity index (χ0v) is 11.0. The van der Waals surface area contributed by atoms with Crippen LogP contribution in [0.25, 0.3) is 0 Å². The summed E-state index contributed by atoms with van der Waals surface area (Å²) in [4.78, 5) is 2.36. The Morgan fingerprint density at radius 1 is 1.25 bits per heavy atom. The highest BCUT2D eigenvalue weighted by Gasteiger charge is 2.09. The van der Waals surface area contributed by atoms with Crippen LogP contribution in [0, 0.1) is 6.92 Å². The SMILES string of the molecule is CCNCc1oc(CN(CC)CC)cc1C. The molecule has 0 aliphatic heterocycles. The molecule has 1 heterocycles. The molecule has 0 amide bonds. The summed E-state index contributed by atoms with van der Waals surface area (Å²) in [5, 5.41) is 3.29. The van der Waals surface area contributed by atoms with Gasteiger partial charge in [0.25, 0.3) is 0 Å². The van der Waals surface area contributed by atoms with Gasteiger partial charge < -0.3 is 9.73 Å². The third kappa shape index (κ3) is 3.65. The topological polar surface area (TPSA) is 28.4 Å². The van der Waals surface area contributed by atoms with Crippen molar-refractivity contribution in [1.82, 2.24) is 10.2 Å². The number of hydrogen-bond acceptors (Lipinski definition) is 3. The summed E-state index contributed by atoms with van der Waals surface area (Å²) in [5.74, 6) is 2.15. The summed E-state index contributed by atoms with van der Waals surface area (Å²) in [6.45, 7) is 13.4. The van der Waals surface area contributed by atoms with E-state index >= 15 is 0 Å². The van der Waals surface area contributed by atoms with Crippen molar-refractivity contribution in [2.75, 3.05) is 19.6 Å². The first kappa shape index (κ1) is 13.3. The summed E-state index contributed by atoms with van der Waals surface area (Å²) in [6.07, 6.45) is 0. The molecule has 0 atom stereocenters. The van der Waals surface area contributed by atoms with Gasteiger partial charge in [0.1, 0.15) is 11.5 Å². The van der Waals surface area contributed by atoms with E-state index in [1.165, 1.54) is 5.56 Å². The van der Waals surface area contributed by atoms with E-state index in [9.17, 15) is 0 Å². The molecular weight excluding hydrogens is 200 g/mol. The molecule has 0 aromatic carbocycles. The number of rotatable bonds is 7. The van der Waals surface area contributed by atoms with Gasteiger partial charge in [-0.25, -0.2) is 0 Å². The van der Waals surface area contributed by atoms with Gasteiger partial charge in [-0.2, -0.15) is 0 Å². The van der Waals surface area contributed by atoms with E-state index in [0.717, 1.165) is 44.2 Å². The van der Waals surface area contributed by atoms with Crippen molar-refractivity contribution in [2.24, 2.45) is 0 Å². The summed E-state index contributed by atoms with van der Waals surface area (Å²) >= 11 is 0. The molecule has 0 bridgehead atoms. The van der Waals surface area contributed by atoms with Crippen molar-refractivity contribution in [2.45, 2.75) is 40.8 Å². The van der Waals surface area contributed by atoms with Gasteiger partial charge in [-0.3, -0.25) is 4.90 Å². The summed E-state index contributed by atoms with van der Waals surface area (Å²) < 4.78 is 5.85. The molecule has 16 heavy (non-hydrogen) atoms. The first-order valence-corrected chi connectivity index (χ1v) is 6.22. The van der Waals surface area contributed by atoms with Crippen LogP contribution in [0.3, 0.4) is 0 Å². The number of aryl methyl sites for hydroxylation is 1. The van der Waals surface area contributed by atoms with Gasteiger partial charge in [-0.05, 0) is 38.2 Å². The van der Waals surface area contributed by atoms with Crippen LogP contribution >= 0.6 is 0 Å². The summed E-state index contributed by atoms with van der Waals surface area (Å²) in [7, 11) is 0. The molecule has 3 nitrogen and oxygen atoms in total. The van der Waals surface area contributed by atoms with E-state index in [-0.39, 0.29) is 0 Å². The lowest BCUT2D eigenvalue weighted by atomic mass is 10.2. The molecule has 0 radical (unpaired) electrons. The third-order valence-electron chi connectivity index (χ3n) is 2.88. The smallest absolute Gasteiger partial charge is 0.120 e. The van der Waals surface area contributed by atoms with E-state index in [1.807, 2.05) is 0 Å². The van der Waals surface area contributed by atoms with Gasteiger partial charge in [-0.1, -0.05) is 20.8 Å². The molecule has 0 saturated carbocycles. The molecular formula is C13H24N2O. The van der Waals surface area contributed by atoms with Crippen LogP contribution < -0.4 is 5.32 Å². The van der Waals surface area contributed by atoms with Crippen LogP contribution in [0.15, 0.2) is 10.5 Å². The zero-order chi connectivity index (χ0) is 12.0. The lowest BCUT2D eigenvalue weighted by Crippen LogP contribution is -2.21. The maximum atomic E-state index is 5.85. The second kappa shape index (κ2) is 6.71. The molecule has 3 heteroatoms. The van der Waals surface area contributed by atoms with Gasteiger partial charge in [0, 0.05) is 0 Å². The predicted molar refractivity (Wildman–Crippen MR) is 67.5 cm³/mol. The van der Waals surface area contributed by atoms with Gasteiger partial charge in [0.05, 0.1) is 13.1 Å². The maximum Gasteiger partial charge on any atom is 0.120 e. The van der Waals surface area contributed by atoms with Crippen LogP contribution in [0.1, 0.15) is 37.9 Å². The number of nitrogens with zero attached hydrogens (tertiary/aromatic N) is 1. The molecule has 0 unspecified atom stereocenters. The lowest BCUT2D eigenvalue weighted by Gasteiger charge is -2.15. The normalized spacial score (nSPS) is 11.3. The quantitative estimate of drug-likeness (QED) is 0.771. The summed E-state index contributed by atoms with van der Waals surface area (Å²) in [6, 6.07) is 2.16. The van der Waals surface area contributed by atoms with Crippen molar-refractivity contribution in [1.29, 1.82) is 0 Å². The molecule has 92 valence electrons. The Labute approximate surface area is 98.8 Å². The number of furan rings is 1.